The van der Waals surface area contributed by atoms with Gasteiger partial charge in [0.05, 0.1) is 34.8 Å². The maximum atomic E-state index is 6.11. The van der Waals surface area contributed by atoms with E-state index < -0.39 is 0 Å². The molecule has 152 valence electrons. The summed E-state index contributed by atoms with van der Waals surface area (Å²) in [6, 6.07) is 6.38. The third-order valence-electron chi connectivity index (χ3n) is 5.54. The Balaban J connectivity index is 1.29. The molecule has 2 saturated heterocycles. The highest BCUT2D eigenvalue weighted by molar-refractivity contribution is 7.09. The van der Waals surface area contributed by atoms with E-state index in [0.29, 0.717) is 12.5 Å². The number of thiazole rings is 1. The molecule has 0 spiro atoms. The van der Waals surface area contributed by atoms with Gasteiger partial charge in [0.25, 0.3) is 0 Å². The van der Waals surface area contributed by atoms with Gasteiger partial charge < -0.3 is 14.4 Å². The van der Waals surface area contributed by atoms with Gasteiger partial charge in [0.2, 0.25) is 5.88 Å². The van der Waals surface area contributed by atoms with E-state index in [4.69, 9.17) is 9.47 Å². The van der Waals surface area contributed by atoms with E-state index in [1.165, 1.54) is 11.4 Å². The Morgan fingerprint density at radius 1 is 1.21 bits per heavy atom. The summed E-state index contributed by atoms with van der Waals surface area (Å²) < 4.78 is 11.5. The molecule has 7 nitrogen and oxygen atoms in total. The lowest BCUT2D eigenvalue weighted by molar-refractivity contribution is 0.139. The SMILES string of the molecule is Cc1nc(CN2CCN(c3ccc4ncnc(OC5CCOC5)c4c3)CC2)cs1. The van der Waals surface area contributed by atoms with Crippen LogP contribution in [0, 0.1) is 6.92 Å². The van der Waals surface area contributed by atoms with Gasteiger partial charge in [-0.25, -0.2) is 15.0 Å². The number of benzene rings is 1. The third-order valence-corrected chi connectivity index (χ3v) is 6.36. The van der Waals surface area contributed by atoms with Crippen molar-refractivity contribution in [3.8, 4) is 5.88 Å². The number of aryl methyl sites for hydroxylation is 1. The summed E-state index contributed by atoms with van der Waals surface area (Å²) >= 11 is 1.72. The molecule has 3 aromatic rings. The molecule has 0 saturated carbocycles. The molecule has 2 aliphatic heterocycles. The van der Waals surface area contributed by atoms with Crippen LogP contribution in [0.4, 0.5) is 5.69 Å². The maximum Gasteiger partial charge on any atom is 0.224 e. The molecule has 5 rings (SSSR count). The topological polar surface area (TPSA) is 63.6 Å². The number of fused-ring (bicyclic) bond motifs is 1. The minimum absolute atomic E-state index is 0.0784. The zero-order valence-electron chi connectivity index (χ0n) is 16.6. The highest BCUT2D eigenvalue weighted by Crippen LogP contribution is 2.29. The monoisotopic (exact) mass is 411 g/mol. The van der Waals surface area contributed by atoms with Crippen LogP contribution in [0.5, 0.6) is 5.88 Å². The van der Waals surface area contributed by atoms with Gasteiger partial charge in [-0.3, -0.25) is 4.90 Å². The van der Waals surface area contributed by atoms with Crippen molar-refractivity contribution in [2.24, 2.45) is 0 Å². The fraction of sp³-hybridized carbons (Fsp3) is 0.476. The molecule has 1 atom stereocenters. The Morgan fingerprint density at radius 3 is 2.86 bits per heavy atom. The Hall–Kier alpha value is -2.29. The Bertz CT molecular complexity index is 980. The van der Waals surface area contributed by atoms with Crippen molar-refractivity contribution in [1.82, 2.24) is 19.9 Å². The minimum atomic E-state index is 0.0784. The molecule has 0 aliphatic carbocycles. The quantitative estimate of drug-likeness (QED) is 0.640. The molecule has 1 aromatic carbocycles. The molecular weight excluding hydrogens is 386 g/mol. The highest BCUT2D eigenvalue weighted by atomic mass is 32.1. The molecule has 0 amide bonds. The summed E-state index contributed by atoms with van der Waals surface area (Å²) in [6.45, 7) is 8.43. The molecule has 1 unspecified atom stereocenters. The lowest BCUT2D eigenvalue weighted by Crippen LogP contribution is -2.46. The van der Waals surface area contributed by atoms with Crippen molar-refractivity contribution in [2.75, 3.05) is 44.3 Å². The fourth-order valence-corrected chi connectivity index (χ4v) is 4.55. The van der Waals surface area contributed by atoms with Crippen LogP contribution in [-0.2, 0) is 11.3 Å². The summed E-state index contributed by atoms with van der Waals surface area (Å²) in [7, 11) is 0. The molecule has 0 N–H and O–H groups in total. The first-order chi connectivity index (χ1) is 14.2. The molecule has 0 bridgehead atoms. The standard InChI is InChI=1S/C21H25N5O2S/c1-15-24-16(13-29-15)11-25-5-7-26(8-6-25)17-2-3-20-19(10-17)21(23-14-22-20)28-18-4-9-27-12-18/h2-3,10,13-14,18H,4-9,11-12H2,1H3. The molecule has 2 aliphatic rings. The Labute approximate surface area is 174 Å². The number of anilines is 1. The van der Waals surface area contributed by atoms with Crippen molar-refractivity contribution >= 4 is 27.9 Å². The Morgan fingerprint density at radius 2 is 2.10 bits per heavy atom. The first kappa shape index (κ1) is 18.7. The number of aromatic nitrogens is 3. The second-order valence-corrected chi connectivity index (χ2v) is 8.67. The summed E-state index contributed by atoms with van der Waals surface area (Å²) in [5.41, 5.74) is 3.29. The molecule has 2 fully saturated rings. The van der Waals surface area contributed by atoms with Crippen LogP contribution >= 0.6 is 11.3 Å². The van der Waals surface area contributed by atoms with Crippen LogP contribution < -0.4 is 9.64 Å². The summed E-state index contributed by atoms with van der Waals surface area (Å²) in [5.74, 6) is 0.657. The fourth-order valence-electron chi connectivity index (χ4n) is 3.95. The van der Waals surface area contributed by atoms with E-state index in [9.17, 15) is 0 Å². The van der Waals surface area contributed by atoms with Crippen LogP contribution in [-0.4, -0.2) is 65.3 Å². The first-order valence-corrected chi connectivity index (χ1v) is 11.0. The van der Waals surface area contributed by atoms with E-state index in [2.05, 4.69) is 55.3 Å². The molecule has 8 heteroatoms. The number of hydrogen-bond donors (Lipinski definition) is 0. The van der Waals surface area contributed by atoms with Crippen molar-refractivity contribution in [3.63, 3.8) is 0 Å². The lowest BCUT2D eigenvalue weighted by Gasteiger charge is -2.36. The average Bonchev–Trinajstić information content (AvgIpc) is 3.40. The van der Waals surface area contributed by atoms with Gasteiger partial charge in [0.1, 0.15) is 12.4 Å². The molecular formula is C21H25N5O2S. The van der Waals surface area contributed by atoms with Crippen LogP contribution in [0.15, 0.2) is 29.9 Å². The number of ether oxygens (including phenoxy) is 2. The minimum Gasteiger partial charge on any atom is -0.471 e. The van der Waals surface area contributed by atoms with Gasteiger partial charge in [-0.05, 0) is 25.1 Å². The largest absolute Gasteiger partial charge is 0.471 e. The normalized spacial score (nSPS) is 20.4. The van der Waals surface area contributed by atoms with Crippen molar-refractivity contribution < 1.29 is 9.47 Å². The van der Waals surface area contributed by atoms with Crippen molar-refractivity contribution in [3.05, 3.63) is 40.6 Å². The van der Waals surface area contributed by atoms with Gasteiger partial charge in [-0.1, -0.05) is 0 Å². The predicted molar refractivity (Wildman–Crippen MR) is 114 cm³/mol. The summed E-state index contributed by atoms with van der Waals surface area (Å²) in [4.78, 5) is 18.3. The summed E-state index contributed by atoms with van der Waals surface area (Å²) in [5, 5.41) is 4.28. The zero-order chi connectivity index (χ0) is 19.6. The molecule has 0 radical (unpaired) electrons. The smallest absolute Gasteiger partial charge is 0.224 e. The summed E-state index contributed by atoms with van der Waals surface area (Å²) in [6.07, 6.45) is 2.56. The van der Waals surface area contributed by atoms with Crippen molar-refractivity contribution in [1.29, 1.82) is 0 Å². The van der Waals surface area contributed by atoms with Gasteiger partial charge in [0, 0.05) is 50.2 Å². The zero-order valence-corrected chi connectivity index (χ0v) is 17.4. The van der Waals surface area contributed by atoms with Crippen molar-refractivity contribution in [2.45, 2.75) is 26.0 Å². The molecule has 2 aromatic heterocycles. The average molecular weight is 412 g/mol. The van der Waals surface area contributed by atoms with Gasteiger partial charge in [0.15, 0.2) is 0 Å². The van der Waals surface area contributed by atoms with E-state index in [-0.39, 0.29) is 6.10 Å². The molecule has 29 heavy (non-hydrogen) atoms. The first-order valence-electron chi connectivity index (χ1n) is 10.1. The Kier molecular flexibility index (Phi) is 5.30. The van der Waals surface area contributed by atoms with E-state index in [1.54, 1.807) is 17.7 Å². The van der Waals surface area contributed by atoms with Crippen LogP contribution in [0.1, 0.15) is 17.1 Å². The lowest BCUT2D eigenvalue weighted by atomic mass is 10.2. The maximum absolute atomic E-state index is 6.11. The predicted octanol–water partition coefficient (Wildman–Crippen LogP) is 2.88. The van der Waals surface area contributed by atoms with Crippen LogP contribution in [0.25, 0.3) is 10.9 Å². The van der Waals surface area contributed by atoms with Gasteiger partial charge >= 0.3 is 0 Å². The third kappa shape index (κ3) is 4.19. The second kappa shape index (κ2) is 8.22. The van der Waals surface area contributed by atoms with E-state index >= 15 is 0 Å². The van der Waals surface area contributed by atoms with Gasteiger partial charge in [-0.15, -0.1) is 11.3 Å². The molecule has 4 heterocycles. The van der Waals surface area contributed by atoms with E-state index in [1.807, 2.05) is 0 Å². The highest BCUT2D eigenvalue weighted by Gasteiger charge is 2.21. The van der Waals surface area contributed by atoms with Crippen LogP contribution in [0.2, 0.25) is 0 Å². The second-order valence-electron chi connectivity index (χ2n) is 7.60. The number of rotatable bonds is 5. The van der Waals surface area contributed by atoms with Gasteiger partial charge in [-0.2, -0.15) is 0 Å². The number of piperazine rings is 1. The van der Waals surface area contributed by atoms with E-state index in [0.717, 1.165) is 61.7 Å². The van der Waals surface area contributed by atoms with Crippen LogP contribution in [0.3, 0.4) is 0 Å². The number of nitrogens with zero attached hydrogens (tertiary/aromatic N) is 5. The number of hydrogen-bond acceptors (Lipinski definition) is 8.